The van der Waals surface area contributed by atoms with E-state index in [2.05, 4.69) is 40.8 Å². The van der Waals surface area contributed by atoms with E-state index in [9.17, 15) is 9.90 Å². The molecular formula is C23H29IO5. The van der Waals surface area contributed by atoms with Crippen LogP contribution >= 0.6 is 22.6 Å². The monoisotopic (exact) mass is 512 g/mol. The molecule has 1 aromatic rings. The van der Waals surface area contributed by atoms with Crippen molar-refractivity contribution in [2.75, 3.05) is 6.61 Å². The van der Waals surface area contributed by atoms with Crippen molar-refractivity contribution in [2.45, 2.75) is 56.8 Å². The minimum Gasteiger partial charge on any atom is -0.491 e. The molecule has 2 N–H and O–H groups in total. The zero-order chi connectivity index (χ0) is 20.6. The molecule has 2 aliphatic heterocycles. The van der Waals surface area contributed by atoms with Crippen LogP contribution in [0.4, 0.5) is 0 Å². The van der Waals surface area contributed by atoms with Gasteiger partial charge in [0.25, 0.3) is 0 Å². The van der Waals surface area contributed by atoms with E-state index in [4.69, 9.17) is 14.6 Å². The van der Waals surface area contributed by atoms with Crippen molar-refractivity contribution in [3.63, 3.8) is 0 Å². The number of aliphatic hydroxyl groups excluding tert-OH is 1. The molecule has 3 rings (SSSR count). The van der Waals surface area contributed by atoms with Crippen LogP contribution in [0.15, 0.2) is 48.6 Å². The Hall–Kier alpha value is -1.38. The van der Waals surface area contributed by atoms with Crippen LogP contribution in [0.25, 0.3) is 0 Å². The molecule has 0 radical (unpaired) electrons. The largest absolute Gasteiger partial charge is 0.491 e. The summed E-state index contributed by atoms with van der Waals surface area (Å²) in [5.41, 5.74) is 0. The van der Waals surface area contributed by atoms with Gasteiger partial charge in [0.05, 0.1) is 12.2 Å². The summed E-state index contributed by atoms with van der Waals surface area (Å²) in [5, 5.41) is 19.0. The lowest BCUT2D eigenvalue weighted by Gasteiger charge is -2.25. The predicted octanol–water partition coefficient (Wildman–Crippen LogP) is 4.58. The van der Waals surface area contributed by atoms with Crippen LogP contribution in [0.2, 0.25) is 0 Å². The molecule has 0 unspecified atom stereocenters. The Morgan fingerprint density at radius 2 is 2.00 bits per heavy atom. The highest BCUT2D eigenvalue weighted by Gasteiger charge is 2.46. The predicted molar refractivity (Wildman–Crippen MR) is 120 cm³/mol. The van der Waals surface area contributed by atoms with E-state index >= 15 is 0 Å². The van der Waals surface area contributed by atoms with Crippen LogP contribution in [0.5, 0.6) is 5.75 Å². The van der Waals surface area contributed by atoms with Crippen molar-refractivity contribution in [3.8, 4) is 5.75 Å². The molecular weight excluding hydrogens is 483 g/mol. The maximum atomic E-state index is 10.6. The van der Waals surface area contributed by atoms with Crippen molar-refractivity contribution >= 4 is 28.6 Å². The molecule has 158 valence electrons. The van der Waals surface area contributed by atoms with E-state index in [1.807, 2.05) is 30.3 Å². The van der Waals surface area contributed by atoms with Gasteiger partial charge in [-0.25, -0.2) is 0 Å². The highest BCUT2D eigenvalue weighted by molar-refractivity contribution is 14.1. The summed E-state index contributed by atoms with van der Waals surface area (Å²) in [6.07, 6.45) is 12.9. The summed E-state index contributed by atoms with van der Waals surface area (Å²) in [4.78, 5) is 10.6. The summed E-state index contributed by atoms with van der Waals surface area (Å²) >= 11 is 2.25. The van der Waals surface area contributed by atoms with Crippen LogP contribution < -0.4 is 4.74 Å². The van der Waals surface area contributed by atoms with Crippen molar-refractivity contribution in [2.24, 2.45) is 11.8 Å². The number of fused-ring (bicyclic) bond motifs is 2. The fourth-order valence-corrected chi connectivity index (χ4v) is 4.51. The molecule has 2 heterocycles. The van der Waals surface area contributed by atoms with Gasteiger partial charge in [0, 0.05) is 15.9 Å². The summed E-state index contributed by atoms with van der Waals surface area (Å²) in [5.74, 6) is 0.747. The van der Waals surface area contributed by atoms with Crippen LogP contribution in [0, 0.1) is 15.4 Å². The summed E-state index contributed by atoms with van der Waals surface area (Å²) < 4.78 is 12.9. The normalized spacial score (nSPS) is 27.1. The van der Waals surface area contributed by atoms with Crippen LogP contribution in [0.1, 0.15) is 38.5 Å². The summed E-state index contributed by atoms with van der Waals surface area (Å²) in [6, 6.07) is 7.76. The smallest absolute Gasteiger partial charge is 0.303 e. The first-order chi connectivity index (χ1) is 14.0. The minimum atomic E-state index is -0.741. The van der Waals surface area contributed by atoms with Crippen molar-refractivity contribution < 1.29 is 24.5 Å². The number of aliphatic carboxylic acids is 1. The fourth-order valence-electron chi connectivity index (χ4n) is 4.15. The van der Waals surface area contributed by atoms with Gasteiger partial charge in [0.1, 0.15) is 18.5 Å². The van der Waals surface area contributed by atoms with Gasteiger partial charge in [-0.05, 0) is 84.9 Å². The molecule has 0 aromatic heterocycles. The highest BCUT2D eigenvalue weighted by atomic mass is 127. The lowest BCUT2D eigenvalue weighted by molar-refractivity contribution is -0.137. The third kappa shape index (κ3) is 6.83. The van der Waals surface area contributed by atoms with E-state index in [1.165, 1.54) is 0 Å². The first kappa shape index (κ1) is 22.3. The van der Waals surface area contributed by atoms with E-state index in [0.29, 0.717) is 24.4 Å². The molecule has 29 heavy (non-hydrogen) atoms. The van der Waals surface area contributed by atoms with Crippen molar-refractivity contribution in [1.82, 2.24) is 0 Å². The number of aliphatic hydroxyl groups is 1. The lowest BCUT2D eigenvalue weighted by atomic mass is 9.77. The van der Waals surface area contributed by atoms with Gasteiger partial charge in [-0.3, -0.25) is 4.79 Å². The third-order valence-corrected chi connectivity index (χ3v) is 6.33. The second kappa shape index (κ2) is 11.1. The molecule has 2 aliphatic rings. The number of carbonyl (C=O) groups is 1. The van der Waals surface area contributed by atoms with Crippen LogP contribution in [-0.4, -0.2) is 41.1 Å². The van der Waals surface area contributed by atoms with E-state index in [1.54, 1.807) is 0 Å². The number of ether oxygens (including phenoxy) is 2. The Bertz CT molecular complexity index is 714. The van der Waals surface area contributed by atoms with Gasteiger partial charge in [-0.1, -0.05) is 24.3 Å². The fraction of sp³-hybridized carbons (Fsp3) is 0.522. The average molecular weight is 512 g/mol. The molecule has 1 aromatic carbocycles. The van der Waals surface area contributed by atoms with E-state index < -0.39 is 12.1 Å². The maximum Gasteiger partial charge on any atom is 0.303 e. The maximum absolute atomic E-state index is 10.6. The second-order valence-electron chi connectivity index (χ2n) is 7.74. The zero-order valence-electron chi connectivity index (χ0n) is 16.5. The van der Waals surface area contributed by atoms with E-state index in [-0.39, 0.29) is 19.1 Å². The van der Waals surface area contributed by atoms with Gasteiger partial charge in [0.15, 0.2) is 0 Å². The number of rotatable bonds is 11. The molecule has 2 bridgehead atoms. The lowest BCUT2D eigenvalue weighted by Crippen LogP contribution is -2.26. The number of benzene rings is 1. The molecule has 2 fully saturated rings. The van der Waals surface area contributed by atoms with Crippen molar-refractivity contribution in [1.29, 1.82) is 0 Å². The number of halogens is 1. The number of allylic oxidation sites excluding steroid dienone is 2. The molecule has 6 heteroatoms. The Kier molecular flexibility index (Phi) is 8.56. The molecule has 2 saturated heterocycles. The number of hydrogen-bond donors (Lipinski definition) is 2. The van der Waals surface area contributed by atoms with E-state index in [0.717, 1.165) is 35.0 Å². The minimum absolute atomic E-state index is 0.217. The Labute approximate surface area is 185 Å². The first-order valence-electron chi connectivity index (χ1n) is 10.3. The molecule has 0 aliphatic carbocycles. The van der Waals surface area contributed by atoms with Gasteiger partial charge in [-0.2, -0.15) is 0 Å². The van der Waals surface area contributed by atoms with Crippen LogP contribution in [-0.2, 0) is 9.53 Å². The van der Waals surface area contributed by atoms with Gasteiger partial charge < -0.3 is 19.7 Å². The molecule has 5 atom stereocenters. The Morgan fingerprint density at radius 3 is 2.76 bits per heavy atom. The Balaban J connectivity index is 1.46. The number of carboxylic acid groups (broad SMARTS) is 1. The van der Waals surface area contributed by atoms with Crippen LogP contribution in [0.3, 0.4) is 0 Å². The number of hydrogen-bond acceptors (Lipinski definition) is 4. The molecule has 5 nitrogen and oxygen atoms in total. The average Bonchev–Trinajstić information content (AvgIpc) is 3.30. The molecule has 0 amide bonds. The molecule has 0 saturated carbocycles. The van der Waals surface area contributed by atoms with Gasteiger partial charge >= 0.3 is 5.97 Å². The quantitative estimate of drug-likeness (QED) is 0.258. The number of carboxylic acids is 1. The topological polar surface area (TPSA) is 76.0 Å². The summed E-state index contributed by atoms with van der Waals surface area (Å²) in [7, 11) is 0. The Morgan fingerprint density at radius 1 is 1.24 bits per heavy atom. The third-order valence-electron chi connectivity index (χ3n) is 5.61. The van der Waals surface area contributed by atoms with Gasteiger partial charge in [0.2, 0.25) is 0 Å². The molecule has 0 spiro atoms. The summed E-state index contributed by atoms with van der Waals surface area (Å²) in [6.45, 7) is 0.229. The second-order valence-corrected chi connectivity index (χ2v) is 8.99. The highest BCUT2D eigenvalue weighted by Crippen LogP contribution is 2.45. The van der Waals surface area contributed by atoms with Gasteiger partial charge in [-0.15, -0.1) is 0 Å². The zero-order valence-corrected chi connectivity index (χ0v) is 18.6. The SMILES string of the molecule is O=C(O)CCC/C=C\C[C@@H]1[C@@H](/C=C/[C@@H](O)COc2ccc(I)cc2)[C@@H]2CC[C@@H]1O2. The first-order valence-corrected chi connectivity index (χ1v) is 11.4. The standard InChI is InChI=1S/C23H29IO5/c24-16-7-10-18(11-8-16)28-15-17(25)9-12-20-19(21-13-14-22(20)29-21)5-3-1-2-4-6-23(26)27/h1,3,7-12,17,19-22,25H,2,4-6,13-15H2,(H,26,27)/b3-1-,12-9+/t17-,19-,20-,21+,22+/m1/s1. The van der Waals surface area contributed by atoms with Crippen molar-refractivity contribution in [3.05, 3.63) is 52.1 Å². The number of unbranched alkanes of at least 4 members (excludes halogenated alkanes) is 1.